The maximum atomic E-state index is 5.94. The molecule has 13 heavy (non-hydrogen) atoms. The van der Waals surface area contributed by atoms with Gasteiger partial charge in [-0.2, -0.15) is 0 Å². The summed E-state index contributed by atoms with van der Waals surface area (Å²) >= 11 is 0. The maximum Gasteiger partial charge on any atom is 0.222 e. The van der Waals surface area contributed by atoms with Gasteiger partial charge in [0.15, 0.2) is 0 Å². The van der Waals surface area contributed by atoms with Crippen molar-refractivity contribution in [1.82, 2.24) is 9.97 Å². The number of hydrogen-bond donors (Lipinski definition) is 2. The van der Waals surface area contributed by atoms with E-state index in [0.717, 1.165) is 30.5 Å². The van der Waals surface area contributed by atoms with Crippen molar-refractivity contribution >= 4 is 5.95 Å². The van der Waals surface area contributed by atoms with Crippen LogP contribution in [0.15, 0.2) is 6.20 Å². The summed E-state index contributed by atoms with van der Waals surface area (Å²) in [6, 6.07) is 0.134. The smallest absolute Gasteiger partial charge is 0.222 e. The van der Waals surface area contributed by atoms with Gasteiger partial charge >= 0.3 is 0 Å². The summed E-state index contributed by atoms with van der Waals surface area (Å²) in [5.74, 6) is 0.688. The summed E-state index contributed by atoms with van der Waals surface area (Å²) in [7, 11) is 1.82. The molecule has 70 valence electrons. The highest BCUT2D eigenvalue weighted by Gasteiger charge is 2.18. The van der Waals surface area contributed by atoms with E-state index in [-0.39, 0.29) is 6.04 Å². The highest BCUT2D eigenvalue weighted by atomic mass is 15.1. The van der Waals surface area contributed by atoms with E-state index >= 15 is 0 Å². The second-order valence-corrected chi connectivity index (χ2v) is 3.34. The molecule has 4 heteroatoms. The number of anilines is 1. The van der Waals surface area contributed by atoms with Crippen molar-refractivity contribution in [2.45, 2.75) is 25.3 Å². The predicted octanol–water partition coefficient (Wildman–Crippen LogP) is 0.854. The van der Waals surface area contributed by atoms with Gasteiger partial charge in [0.25, 0.3) is 0 Å². The molecule has 1 aliphatic carbocycles. The third-order valence-electron chi connectivity index (χ3n) is 2.45. The number of aryl methyl sites for hydroxylation is 1. The van der Waals surface area contributed by atoms with Crippen LogP contribution in [0.1, 0.15) is 30.1 Å². The fourth-order valence-corrected chi connectivity index (χ4v) is 1.70. The van der Waals surface area contributed by atoms with E-state index in [2.05, 4.69) is 15.3 Å². The fraction of sp³-hybridized carbons (Fsp3) is 0.556. The Hall–Kier alpha value is -1.16. The first-order valence-corrected chi connectivity index (χ1v) is 4.60. The van der Waals surface area contributed by atoms with Gasteiger partial charge < -0.3 is 11.1 Å². The lowest BCUT2D eigenvalue weighted by Crippen LogP contribution is -2.19. The van der Waals surface area contributed by atoms with Gasteiger partial charge in [-0.15, -0.1) is 0 Å². The summed E-state index contributed by atoms with van der Waals surface area (Å²) in [5, 5.41) is 2.93. The lowest BCUT2D eigenvalue weighted by molar-refractivity contribution is 0.557. The average Bonchev–Trinajstić information content (AvgIpc) is 2.18. The number of fused-ring (bicyclic) bond motifs is 1. The van der Waals surface area contributed by atoms with Crippen LogP contribution in [0.3, 0.4) is 0 Å². The SMILES string of the molecule is CNc1ncc2c(n1)CCCC2N. The third-order valence-corrected chi connectivity index (χ3v) is 2.45. The molecule has 1 unspecified atom stereocenters. The van der Waals surface area contributed by atoms with Gasteiger partial charge in [0, 0.05) is 24.8 Å². The monoisotopic (exact) mass is 178 g/mol. The second kappa shape index (κ2) is 3.30. The molecule has 4 nitrogen and oxygen atoms in total. The molecular formula is C9H14N4. The van der Waals surface area contributed by atoms with Gasteiger partial charge in [-0.05, 0) is 19.3 Å². The summed E-state index contributed by atoms with van der Waals surface area (Å²) in [5.41, 5.74) is 8.16. The first-order chi connectivity index (χ1) is 6.31. The van der Waals surface area contributed by atoms with E-state index < -0.39 is 0 Å². The van der Waals surface area contributed by atoms with Crippen LogP contribution < -0.4 is 11.1 Å². The Morgan fingerprint density at radius 2 is 2.46 bits per heavy atom. The number of nitrogens with one attached hydrogen (secondary N) is 1. The van der Waals surface area contributed by atoms with Crippen LogP contribution in [0, 0.1) is 0 Å². The summed E-state index contributed by atoms with van der Waals surface area (Å²) in [6.45, 7) is 0. The summed E-state index contributed by atoms with van der Waals surface area (Å²) in [4.78, 5) is 8.54. The van der Waals surface area contributed by atoms with E-state index in [9.17, 15) is 0 Å². The molecular weight excluding hydrogens is 164 g/mol. The second-order valence-electron chi connectivity index (χ2n) is 3.34. The zero-order valence-corrected chi connectivity index (χ0v) is 7.75. The van der Waals surface area contributed by atoms with Crippen LogP contribution in [0.25, 0.3) is 0 Å². The molecule has 0 aromatic carbocycles. The van der Waals surface area contributed by atoms with Gasteiger partial charge in [-0.25, -0.2) is 9.97 Å². The van der Waals surface area contributed by atoms with Crippen molar-refractivity contribution in [1.29, 1.82) is 0 Å². The normalized spacial score (nSPS) is 20.9. The minimum absolute atomic E-state index is 0.134. The highest BCUT2D eigenvalue weighted by Crippen LogP contribution is 2.26. The molecule has 1 aromatic heterocycles. The van der Waals surface area contributed by atoms with Crippen molar-refractivity contribution in [2.75, 3.05) is 12.4 Å². The molecule has 2 rings (SSSR count). The van der Waals surface area contributed by atoms with Crippen molar-refractivity contribution < 1.29 is 0 Å². The van der Waals surface area contributed by atoms with Gasteiger partial charge in [0.2, 0.25) is 5.95 Å². The standard InChI is InChI=1S/C9H14N4/c1-11-9-12-5-6-7(10)3-2-4-8(6)13-9/h5,7H,2-4,10H2,1H3,(H,11,12,13). The Morgan fingerprint density at radius 3 is 3.23 bits per heavy atom. The van der Waals surface area contributed by atoms with Gasteiger partial charge in [-0.3, -0.25) is 0 Å². The van der Waals surface area contributed by atoms with E-state index in [1.54, 1.807) is 0 Å². The molecule has 0 saturated carbocycles. The number of nitrogens with zero attached hydrogens (tertiary/aromatic N) is 2. The molecule has 0 radical (unpaired) electrons. The van der Waals surface area contributed by atoms with Crippen LogP contribution in [-0.2, 0) is 6.42 Å². The molecule has 0 fully saturated rings. The first-order valence-electron chi connectivity index (χ1n) is 4.60. The summed E-state index contributed by atoms with van der Waals surface area (Å²) < 4.78 is 0. The van der Waals surface area contributed by atoms with Crippen LogP contribution in [-0.4, -0.2) is 17.0 Å². The molecule has 1 heterocycles. The van der Waals surface area contributed by atoms with Crippen molar-refractivity contribution in [3.05, 3.63) is 17.5 Å². The van der Waals surface area contributed by atoms with Crippen molar-refractivity contribution in [3.8, 4) is 0 Å². The minimum atomic E-state index is 0.134. The van der Waals surface area contributed by atoms with E-state index in [0.29, 0.717) is 5.95 Å². The zero-order valence-electron chi connectivity index (χ0n) is 7.75. The van der Waals surface area contributed by atoms with Crippen LogP contribution in [0.2, 0.25) is 0 Å². The number of hydrogen-bond acceptors (Lipinski definition) is 4. The largest absolute Gasteiger partial charge is 0.357 e. The van der Waals surface area contributed by atoms with E-state index in [4.69, 9.17) is 5.73 Å². The lowest BCUT2D eigenvalue weighted by Gasteiger charge is -2.20. The molecule has 1 aromatic rings. The molecule has 0 bridgehead atoms. The molecule has 0 amide bonds. The minimum Gasteiger partial charge on any atom is -0.357 e. The Bertz CT molecular complexity index is 310. The van der Waals surface area contributed by atoms with Crippen molar-refractivity contribution in [3.63, 3.8) is 0 Å². The maximum absolute atomic E-state index is 5.94. The number of aromatic nitrogens is 2. The fourth-order valence-electron chi connectivity index (χ4n) is 1.70. The Morgan fingerprint density at radius 1 is 1.62 bits per heavy atom. The van der Waals surface area contributed by atoms with Crippen LogP contribution >= 0.6 is 0 Å². The van der Waals surface area contributed by atoms with E-state index in [1.807, 2.05) is 13.2 Å². The molecule has 0 aliphatic heterocycles. The molecule has 1 atom stereocenters. The molecule has 0 saturated heterocycles. The van der Waals surface area contributed by atoms with Crippen molar-refractivity contribution in [2.24, 2.45) is 5.73 Å². The Labute approximate surface area is 77.6 Å². The molecule has 3 N–H and O–H groups in total. The highest BCUT2D eigenvalue weighted by molar-refractivity contribution is 5.31. The Kier molecular flexibility index (Phi) is 2.14. The number of rotatable bonds is 1. The summed E-state index contributed by atoms with van der Waals surface area (Å²) in [6.07, 6.45) is 5.06. The van der Waals surface area contributed by atoms with Gasteiger partial charge in [0.1, 0.15) is 0 Å². The topological polar surface area (TPSA) is 63.8 Å². The van der Waals surface area contributed by atoms with Gasteiger partial charge in [0.05, 0.1) is 5.69 Å². The Balaban J connectivity index is 2.39. The van der Waals surface area contributed by atoms with Crippen LogP contribution in [0.4, 0.5) is 5.95 Å². The van der Waals surface area contributed by atoms with E-state index in [1.165, 1.54) is 0 Å². The predicted molar refractivity (Wildman–Crippen MR) is 51.4 cm³/mol. The zero-order chi connectivity index (χ0) is 9.26. The molecule has 0 spiro atoms. The molecule has 1 aliphatic rings. The lowest BCUT2D eigenvalue weighted by atomic mass is 9.93. The van der Waals surface area contributed by atoms with Crippen LogP contribution in [0.5, 0.6) is 0 Å². The quantitative estimate of drug-likeness (QED) is 0.669. The number of nitrogens with two attached hydrogens (primary N) is 1. The third kappa shape index (κ3) is 1.49. The average molecular weight is 178 g/mol. The first kappa shape index (κ1) is 8.44. The van der Waals surface area contributed by atoms with Gasteiger partial charge in [-0.1, -0.05) is 0 Å².